The lowest BCUT2D eigenvalue weighted by Crippen LogP contribution is -2.36. The molecule has 2 heterocycles. The highest BCUT2D eigenvalue weighted by Gasteiger charge is 2.17. The van der Waals surface area contributed by atoms with Gasteiger partial charge in [-0.25, -0.2) is 9.97 Å². The molecule has 1 saturated carbocycles. The van der Waals surface area contributed by atoms with Crippen LogP contribution in [0, 0.1) is 6.92 Å². The van der Waals surface area contributed by atoms with E-state index in [0.717, 1.165) is 35.3 Å². The maximum atomic E-state index is 12.7. The number of hydrogen-bond acceptors (Lipinski definition) is 5. The van der Waals surface area contributed by atoms with Crippen LogP contribution < -0.4 is 10.6 Å². The monoisotopic (exact) mass is 387 g/mol. The number of pyridine rings is 1. The van der Waals surface area contributed by atoms with Crippen LogP contribution in [0.1, 0.15) is 48.0 Å². The summed E-state index contributed by atoms with van der Waals surface area (Å²) in [6.45, 7) is 2.00. The van der Waals surface area contributed by atoms with Gasteiger partial charge in [-0.2, -0.15) is 0 Å². The number of amides is 1. The molecule has 0 bridgehead atoms. The van der Waals surface area contributed by atoms with Crippen molar-refractivity contribution in [3.8, 4) is 11.3 Å². The quantitative estimate of drug-likeness (QED) is 0.666. The molecule has 6 nitrogen and oxygen atoms in total. The van der Waals surface area contributed by atoms with E-state index < -0.39 is 0 Å². The highest BCUT2D eigenvalue weighted by atomic mass is 16.1. The van der Waals surface area contributed by atoms with E-state index in [-0.39, 0.29) is 11.9 Å². The Balaban J connectivity index is 1.51. The number of nitrogens with zero attached hydrogens (tertiary/aromatic N) is 3. The molecule has 4 rings (SSSR count). The third-order valence-electron chi connectivity index (χ3n) is 5.30. The number of aromatic nitrogens is 3. The van der Waals surface area contributed by atoms with E-state index in [1.165, 1.54) is 19.3 Å². The van der Waals surface area contributed by atoms with Crippen molar-refractivity contribution in [1.29, 1.82) is 0 Å². The fourth-order valence-corrected chi connectivity index (χ4v) is 3.63. The number of aryl methyl sites for hydroxylation is 1. The number of nitrogens with one attached hydrogen (secondary N) is 2. The topological polar surface area (TPSA) is 79.8 Å². The molecule has 1 fully saturated rings. The van der Waals surface area contributed by atoms with Gasteiger partial charge in [0.15, 0.2) is 0 Å². The van der Waals surface area contributed by atoms with Crippen molar-refractivity contribution in [1.82, 2.24) is 20.3 Å². The van der Waals surface area contributed by atoms with Gasteiger partial charge in [-0.1, -0.05) is 25.3 Å². The normalized spacial score (nSPS) is 14.4. The average molecular weight is 387 g/mol. The second kappa shape index (κ2) is 8.82. The first-order chi connectivity index (χ1) is 14.2. The summed E-state index contributed by atoms with van der Waals surface area (Å²) in [5.41, 5.74) is 4.21. The molecule has 148 valence electrons. The molecule has 0 aliphatic heterocycles. The maximum Gasteiger partial charge on any atom is 0.251 e. The Hall–Kier alpha value is -3.28. The summed E-state index contributed by atoms with van der Waals surface area (Å²) < 4.78 is 0. The van der Waals surface area contributed by atoms with Gasteiger partial charge >= 0.3 is 0 Å². The van der Waals surface area contributed by atoms with Crippen LogP contribution in [0.15, 0.2) is 55.0 Å². The van der Waals surface area contributed by atoms with Gasteiger partial charge in [0.1, 0.15) is 0 Å². The van der Waals surface area contributed by atoms with Gasteiger partial charge < -0.3 is 10.6 Å². The van der Waals surface area contributed by atoms with Crippen LogP contribution in [0.25, 0.3) is 11.3 Å². The Morgan fingerprint density at radius 2 is 1.93 bits per heavy atom. The number of anilines is 2. The van der Waals surface area contributed by atoms with Crippen LogP contribution in [0.2, 0.25) is 0 Å². The minimum absolute atomic E-state index is 0.0232. The molecule has 0 atom stereocenters. The van der Waals surface area contributed by atoms with Gasteiger partial charge in [0, 0.05) is 41.4 Å². The predicted octanol–water partition coefficient (Wildman–Crippen LogP) is 4.65. The Morgan fingerprint density at radius 1 is 1.07 bits per heavy atom. The fourth-order valence-electron chi connectivity index (χ4n) is 3.63. The average Bonchev–Trinajstić information content (AvgIpc) is 2.77. The minimum Gasteiger partial charge on any atom is -0.349 e. The van der Waals surface area contributed by atoms with E-state index in [2.05, 4.69) is 25.6 Å². The zero-order valence-electron chi connectivity index (χ0n) is 16.6. The molecule has 0 radical (unpaired) electrons. The lowest BCUT2D eigenvalue weighted by molar-refractivity contribution is 0.0928. The van der Waals surface area contributed by atoms with Crippen molar-refractivity contribution >= 4 is 17.5 Å². The van der Waals surface area contributed by atoms with Crippen LogP contribution in [-0.2, 0) is 0 Å². The second-order valence-corrected chi connectivity index (χ2v) is 7.47. The molecule has 0 unspecified atom stereocenters. The highest BCUT2D eigenvalue weighted by molar-refractivity contribution is 5.95. The summed E-state index contributed by atoms with van der Waals surface area (Å²) >= 11 is 0. The largest absolute Gasteiger partial charge is 0.349 e. The van der Waals surface area contributed by atoms with E-state index in [0.29, 0.717) is 11.5 Å². The molecule has 29 heavy (non-hydrogen) atoms. The third kappa shape index (κ3) is 4.77. The summed E-state index contributed by atoms with van der Waals surface area (Å²) in [6.07, 6.45) is 11.0. The Bertz CT molecular complexity index is 984. The van der Waals surface area contributed by atoms with E-state index in [1.807, 2.05) is 43.3 Å². The summed E-state index contributed by atoms with van der Waals surface area (Å²) in [5, 5.41) is 6.43. The van der Waals surface area contributed by atoms with Crippen LogP contribution >= 0.6 is 0 Å². The first-order valence-electron chi connectivity index (χ1n) is 10.1. The van der Waals surface area contributed by atoms with Gasteiger partial charge in [0.05, 0.1) is 5.69 Å². The zero-order valence-corrected chi connectivity index (χ0v) is 16.6. The summed E-state index contributed by atoms with van der Waals surface area (Å²) in [7, 11) is 0. The zero-order chi connectivity index (χ0) is 20.1. The molecule has 1 aliphatic carbocycles. The van der Waals surface area contributed by atoms with Crippen LogP contribution in [0.5, 0.6) is 0 Å². The molecule has 0 saturated heterocycles. The predicted molar refractivity (Wildman–Crippen MR) is 114 cm³/mol. The number of rotatable bonds is 5. The standard InChI is InChI=1S/C23H25N5O/c1-16-9-10-17(22(29)26-19-7-3-2-4-8-19)14-21(16)28-23-25-13-11-20(27-23)18-6-5-12-24-15-18/h5-6,9-15,19H,2-4,7-8H2,1H3,(H,26,29)(H,25,27,28). The van der Waals surface area contributed by atoms with Crippen molar-refractivity contribution in [3.63, 3.8) is 0 Å². The van der Waals surface area contributed by atoms with E-state index >= 15 is 0 Å². The van der Waals surface area contributed by atoms with Gasteiger partial charge in [0.25, 0.3) is 5.91 Å². The third-order valence-corrected chi connectivity index (χ3v) is 5.30. The molecule has 2 aromatic heterocycles. The first kappa shape index (κ1) is 19.1. The van der Waals surface area contributed by atoms with Gasteiger partial charge in [-0.05, 0) is 55.7 Å². The van der Waals surface area contributed by atoms with Crippen LogP contribution in [-0.4, -0.2) is 26.9 Å². The van der Waals surface area contributed by atoms with Crippen molar-refractivity contribution < 1.29 is 4.79 Å². The maximum absolute atomic E-state index is 12.7. The molecule has 1 amide bonds. The van der Waals surface area contributed by atoms with E-state index in [9.17, 15) is 4.79 Å². The lowest BCUT2D eigenvalue weighted by Gasteiger charge is -2.23. The molecule has 1 aliphatic rings. The number of carbonyl (C=O) groups is 1. The molecule has 0 spiro atoms. The van der Waals surface area contributed by atoms with Crippen LogP contribution in [0.4, 0.5) is 11.6 Å². The molecule has 3 aromatic rings. The fraction of sp³-hybridized carbons (Fsp3) is 0.304. The molecule has 1 aromatic carbocycles. The second-order valence-electron chi connectivity index (χ2n) is 7.47. The number of carbonyl (C=O) groups excluding carboxylic acids is 1. The first-order valence-corrected chi connectivity index (χ1v) is 10.1. The highest BCUT2D eigenvalue weighted by Crippen LogP contribution is 2.23. The van der Waals surface area contributed by atoms with Gasteiger partial charge in [-0.3, -0.25) is 9.78 Å². The van der Waals surface area contributed by atoms with Gasteiger partial charge in [0.2, 0.25) is 5.95 Å². The van der Waals surface area contributed by atoms with E-state index in [4.69, 9.17) is 0 Å². The SMILES string of the molecule is Cc1ccc(C(=O)NC2CCCCC2)cc1Nc1nccc(-c2cccnc2)n1. The van der Waals surface area contributed by atoms with Crippen LogP contribution in [0.3, 0.4) is 0 Å². The lowest BCUT2D eigenvalue weighted by atomic mass is 9.95. The Morgan fingerprint density at radius 3 is 2.72 bits per heavy atom. The minimum atomic E-state index is -0.0232. The van der Waals surface area contributed by atoms with Crippen molar-refractivity contribution in [2.24, 2.45) is 0 Å². The smallest absolute Gasteiger partial charge is 0.251 e. The van der Waals surface area contributed by atoms with Crippen molar-refractivity contribution in [3.05, 3.63) is 66.1 Å². The molecule has 6 heteroatoms. The van der Waals surface area contributed by atoms with Crippen molar-refractivity contribution in [2.45, 2.75) is 45.1 Å². The summed E-state index contributed by atoms with van der Waals surface area (Å²) in [4.78, 5) is 25.7. The Kier molecular flexibility index (Phi) is 5.79. The Labute approximate surface area is 170 Å². The molecule has 2 N–H and O–H groups in total. The van der Waals surface area contributed by atoms with Gasteiger partial charge in [-0.15, -0.1) is 0 Å². The molecular weight excluding hydrogens is 362 g/mol. The summed E-state index contributed by atoms with van der Waals surface area (Å²) in [5.74, 6) is 0.462. The number of hydrogen-bond donors (Lipinski definition) is 2. The van der Waals surface area contributed by atoms with E-state index in [1.54, 1.807) is 18.6 Å². The summed E-state index contributed by atoms with van der Waals surface area (Å²) in [6, 6.07) is 11.7. The van der Waals surface area contributed by atoms with Crippen molar-refractivity contribution in [2.75, 3.05) is 5.32 Å². The molecular formula is C23H25N5O. The number of benzene rings is 1.